The fraction of sp³-hybridized carbons (Fsp3) is 0.700. The molecule has 0 heterocycles. The van der Waals surface area contributed by atoms with Gasteiger partial charge in [0.1, 0.15) is 0 Å². The summed E-state index contributed by atoms with van der Waals surface area (Å²) in [5, 5.41) is 0. The van der Waals surface area contributed by atoms with Crippen LogP contribution in [0.2, 0.25) is 0 Å². The molecule has 1 unspecified atom stereocenters. The zero-order valence-corrected chi connectivity index (χ0v) is 7.35. The molecule has 1 atom stereocenters. The molecule has 0 saturated carbocycles. The Morgan fingerprint density at radius 3 is 2.40 bits per heavy atom. The van der Waals surface area contributed by atoms with E-state index in [-0.39, 0.29) is 0 Å². The highest BCUT2D eigenvalue weighted by Gasteiger charge is 2.04. The van der Waals surface area contributed by atoms with Crippen LogP contribution in [0.25, 0.3) is 0 Å². The standard InChI is InChI=1S/C10H18/c1-5-6-7-8-10(4)9(2)3/h6,9-10H,1,7-8H2,2-4H3. The summed E-state index contributed by atoms with van der Waals surface area (Å²) in [5.74, 6) is 1.63. The molecule has 0 aliphatic rings. The predicted molar refractivity (Wildman–Crippen MR) is 46.9 cm³/mol. The summed E-state index contributed by atoms with van der Waals surface area (Å²) in [5.41, 5.74) is 2.79. The Kier molecular flexibility index (Phi) is 5.06. The Bertz CT molecular complexity index is 116. The summed E-state index contributed by atoms with van der Waals surface area (Å²) >= 11 is 0. The first-order valence-electron chi connectivity index (χ1n) is 4.02. The number of hydrogen-bond acceptors (Lipinski definition) is 0. The minimum atomic E-state index is 0.804. The molecule has 0 aromatic rings. The van der Waals surface area contributed by atoms with Crippen LogP contribution in [0, 0.1) is 11.8 Å². The van der Waals surface area contributed by atoms with Crippen molar-refractivity contribution < 1.29 is 0 Å². The molecule has 0 N–H and O–H groups in total. The van der Waals surface area contributed by atoms with Crippen molar-refractivity contribution in [2.45, 2.75) is 33.6 Å². The normalized spacial score (nSPS) is 12.8. The largest absolute Gasteiger partial charge is 0.133 e. The maximum absolute atomic E-state index is 3.52. The van der Waals surface area contributed by atoms with E-state index in [0.29, 0.717) is 0 Å². The van der Waals surface area contributed by atoms with Crippen molar-refractivity contribution in [1.82, 2.24) is 0 Å². The van der Waals surface area contributed by atoms with E-state index >= 15 is 0 Å². The van der Waals surface area contributed by atoms with Crippen molar-refractivity contribution in [3.63, 3.8) is 0 Å². The van der Waals surface area contributed by atoms with Crippen molar-refractivity contribution in [2.75, 3.05) is 0 Å². The van der Waals surface area contributed by atoms with Gasteiger partial charge in [-0.2, -0.15) is 0 Å². The Morgan fingerprint density at radius 1 is 1.40 bits per heavy atom. The quantitative estimate of drug-likeness (QED) is 0.522. The van der Waals surface area contributed by atoms with Gasteiger partial charge in [-0.25, -0.2) is 0 Å². The van der Waals surface area contributed by atoms with Gasteiger partial charge in [-0.05, 0) is 30.8 Å². The van der Waals surface area contributed by atoms with Crippen molar-refractivity contribution in [3.8, 4) is 0 Å². The molecule has 0 nitrogen and oxygen atoms in total. The van der Waals surface area contributed by atoms with Gasteiger partial charge < -0.3 is 0 Å². The van der Waals surface area contributed by atoms with Gasteiger partial charge in [0.25, 0.3) is 0 Å². The van der Waals surface area contributed by atoms with E-state index in [1.165, 1.54) is 6.42 Å². The van der Waals surface area contributed by atoms with Crippen LogP contribution >= 0.6 is 0 Å². The van der Waals surface area contributed by atoms with Crippen LogP contribution < -0.4 is 0 Å². The van der Waals surface area contributed by atoms with Crippen LogP contribution in [0.4, 0.5) is 0 Å². The van der Waals surface area contributed by atoms with Gasteiger partial charge in [0.2, 0.25) is 0 Å². The molecule has 0 rings (SSSR count). The summed E-state index contributed by atoms with van der Waals surface area (Å²) in [6.45, 7) is 10.3. The monoisotopic (exact) mass is 138 g/mol. The first kappa shape index (κ1) is 9.52. The molecule has 0 spiro atoms. The van der Waals surface area contributed by atoms with E-state index in [1.807, 2.05) is 6.08 Å². The van der Waals surface area contributed by atoms with Crippen LogP contribution in [0.15, 0.2) is 18.4 Å². The molecule has 0 radical (unpaired) electrons. The molecule has 0 fully saturated rings. The van der Waals surface area contributed by atoms with E-state index in [9.17, 15) is 0 Å². The zero-order valence-electron chi connectivity index (χ0n) is 7.35. The van der Waals surface area contributed by atoms with Crippen molar-refractivity contribution >= 4 is 0 Å². The third-order valence-electron chi connectivity index (χ3n) is 2.05. The highest BCUT2D eigenvalue weighted by Crippen LogP contribution is 2.15. The van der Waals surface area contributed by atoms with Gasteiger partial charge in [-0.1, -0.05) is 27.4 Å². The minimum Gasteiger partial charge on any atom is -0.133 e. The third kappa shape index (κ3) is 4.40. The highest BCUT2D eigenvalue weighted by atomic mass is 14.1. The average Bonchev–Trinajstić information content (AvgIpc) is 1.88. The maximum Gasteiger partial charge on any atom is -0.0272 e. The van der Waals surface area contributed by atoms with Crippen LogP contribution in [0.1, 0.15) is 33.6 Å². The molecule has 10 heavy (non-hydrogen) atoms. The lowest BCUT2D eigenvalue weighted by molar-refractivity contribution is 0.395. The second-order valence-electron chi connectivity index (χ2n) is 3.21. The fourth-order valence-electron chi connectivity index (χ4n) is 0.782. The SMILES string of the molecule is C=C=CCCC(C)C(C)C. The smallest absolute Gasteiger partial charge is 0.0272 e. The molecular weight excluding hydrogens is 120 g/mol. The summed E-state index contributed by atoms with van der Waals surface area (Å²) in [7, 11) is 0. The summed E-state index contributed by atoms with van der Waals surface area (Å²) < 4.78 is 0. The minimum absolute atomic E-state index is 0.804. The first-order chi connectivity index (χ1) is 4.68. The van der Waals surface area contributed by atoms with Gasteiger partial charge in [0.05, 0.1) is 0 Å². The lowest BCUT2D eigenvalue weighted by Crippen LogP contribution is -2.02. The lowest BCUT2D eigenvalue weighted by Gasteiger charge is -2.12. The Hall–Kier alpha value is -0.480. The van der Waals surface area contributed by atoms with E-state index in [4.69, 9.17) is 0 Å². The Labute approximate surface area is 64.6 Å². The summed E-state index contributed by atoms with van der Waals surface area (Å²) in [6.07, 6.45) is 4.40. The number of allylic oxidation sites excluding steroid dienone is 1. The maximum atomic E-state index is 3.52. The third-order valence-corrected chi connectivity index (χ3v) is 2.05. The molecule has 0 aliphatic carbocycles. The van der Waals surface area contributed by atoms with E-state index in [2.05, 4.69) is 33.1 Å². The molecule has 0 aliphatic heterocycles. The van der Waals surface area contributed by atoms with Gasteiger partial charge in [0, 0.05) is 0 Å². The van der Waals surface area contributed by atoms with E-state index < -0.39 is 0 Å². The molecule has 0 aromatic heterocycles. The van der Waals surface area contributed by atoms with Crippen LogP contribution in [0.5, 0.6) is 0 Å². The fourth-order valence-corrected chi connectivity index (χ4v) is 0.782. The van der Waals surface area contributed by atoms with Crippen LogP contribution in [-0.2, 0) is 0 Å². The molecule has 58 valence electrons. The topological polar surface area (TPSA) is 0 Å². The van der Waals surface area contributed by atoms with Gasteiger partial charge in [0.15, 0.2) is 0 Å². The van der Waals surface area contributed by atoms with Gasteiger partial charge in [-0.3, -0.25) is 0 Å². The molecule has 0 amide bonds. The number of hydrogen-bond donors (Lipinski definition) is 0. The second-order valence-corrected chi connectivity index (χ2v) is 3.21. The van der Waals surface area contributed by atoms with E-state index in [0.717, 1.165) is 18.3 Å². The highest BCUT2D eigenvalue weighted by molar-refractivity contribution is 4.76. The van der Waals surface area contributed by atoms with Gasteiger partial charge in [-0.15, -0.1) is 5.73 Å². The zero-order chi connectivity index (χ0) is 7.98. The number of rotatable bonds is 4. The van der Waals surface area contributed by atoms with Crippen molar-refractivity contribution in [3.05, 3.63) is 18.4 Å². The summed E-state index contributed by atoms with van der Waals surface area (Å²) in [4.78, 5) is 0. The lowest BCUT2D eigenvalue weighted by atomic mass is 9.93. The second kappa shape index (κ2) is 5.32. The summed E-state index contributed by atoms with van der Waals surface area (Å²) in [6, 6.07) is 0. The molecular formula is C10H18. The van der Waals surface area contributed by atoms with Crippen LogP contribution in [0.3, 0.4) is 0 Å². The predicted octanol–water partition coefficient (Wildman–Crippen LogP) is 3.40. The van der Waals surface area contributed by atoms with Crippen LogP contribution in [-0.4, -0.2) is 0 Å². The van der Waals surface area contributed by atoms with Gasteiger partial charge >= 0.3 is 0 Å². The molecule has 0 aromatic carbocycles. The van der Waals surface area contributed by atoms with E-state index in [1.54, 1.807) is 0 Å². The molecule has 0 heteroatoms. The van der Waals surface area contributed by atoms with Crippen molar-refractivity contribution in [2.24, 2.45) is 11.8 Å². The Morgan fingerprint density at radius 2 is 2.00 bits per heavy atom. The first-order valence-corrected chi connectivity index (χ1v) is 4.02. The molecule has 0 saturated heterocycles. The Balaban J connectivity index is 3.39. The average molecular weight is 138 g/mol. The van der Waals surface area contributed by atoms with Crippen molar-refractivity contribution in [1.29, 1.82) is 0 Å². The molecule has 0 bridgehead atoms.